The van der Waals surface area contributed by atoms with Crippen molar-refractivity contribution in [1.82, 2.24) is 4.72 Å². The summed E-state index contributed by atoms with van der Waals surface area (Å²) in [6, 6.07) is 24.0. The van der Waals surface area contributed by atoms with Gasteiger partial charge in [0, 0.05) is 17.7 Å². The van der Waals surface area contributed by atoms with Gasteiger partial charge in [-0.15, -0.1) is 0 Å². The second-order valence-electron chi connectivity index (χ2n) is 5.91. The van der Waals surface area contributed by atoms with E-state index in [0.717, 1.165) is 22.3 Å². The Bertz CT molecular complexity index is 1040. The fraction of sp³-hybridized carbons (Fsp3) is 0.0909. The summed E-state index contributed by atoms with van der Waals surface area (Å²) < 4.78 is 27.6. The van der Waals surface area contributed by atoms with Crippen molar-refractivity contribution in [3.63, 3.8) is 0 Å². The van der Waals surface area contributed by atoms with E-state index in [9.17, 15) is 8.42 Å². The van der Waals surface area contributed by atoms with Crippen molar-refractivity contribution in [2.24, 2.45) is 0 Å². The molecule has 4 heteroatoms. The molecule has 0 aromatic heterocycles. The molecule has 0 bridgehead atoms. The lowest BCUT2D eigenvalue weighted by atomic mass is 10.1. The molecule has 3 aromatic rings. The monoisotopic (exact) mass is 361 g/mol. The predicted octanol–water partition coefficient (Wildman–Crippen LogP) is 3.87. The maximum atomic E-state index is 12.5. The number of sulfonamides is 1. The van der Waals surface area contributed by atoms with Crippen LogP contribution in [0.1, 0.15) is 22.3 Å². The Kier molecular flexibility index (Phi) is 5.52. The van der Waals surface area contributed by atoms with E-state index >= 15 is 0 Å². The molecule has 0 radical (unpaired) electrons. The van der Waals surface area contributed by atoms with Crippen LogP contribution in [0, 0.1) is 18.8 Å². The summed E-state index contributed by atoms with van der Waals surface area (Å²) in [7, 11) is -3.56. The Hall–Kier alpha value is -2.87. The molecular formula is C22H19NO2S. The standard InChI is InChI=1S/C22H19NO2S/c1-18-11-15-22(16-12-18)26(24,25)23-17-21-10-6-5-9-20(21)14-13-19-7-3-2-4-8-19/h2-12,15-16,23H,17H2,1H3. The Morgan fingerprint density at radius 1 is 0.808 bits per heavy atom. The van der Waals surface area contributed by atoms with Gasteiger partial charge in [0.05, 0.1) is 4.90 Å². The van der Waals surface area contributed by atoms with Gasteiger partial charge in [-0.05, 0) is 42.8 Å². The number of hydrogen-bond acceptors (Lipinski definition) is 2. The smallest absolute Gasteiger partial charge is 0.207 e. The molecule has 0 aliphatic rings. The second-order valence-corrected chi connectivity index (χ2v) is 7.68. The molecule has 0 aliphatic carbocycles. The van der Waals surface area contributed by atoms with Gasteiger partial charge >= 0.3 is 0 Å². The first-order valence-electron chi connectivity index (χ1n) is 8.26. The van der Waals surface area contributed by atoms with Crippen LogP contribution >= 0.6 is 0 Å². The van der Waals surface area contributed by atoms with Gasteiger partial charge in [-0.3, -0.25) is 0 Å². The van der Waals surface area contributed by atoms with Crippen molar-refractivity contribution in [3.8, 4) is 11.8 Å². The van der Waals surface area contributed by atoms with Gasteiger partial charge in [-0.1, -0.05) is 65.9 Å². The van der Waals surface area contributed by atoms with Gasteiger partial charge in [0.15, 0.2) is 0 Å². The molecule has 0 heterocycles. The molecule has 0 saturated carbocycles. The summed E-state index contributed by atoms with van der Waals surface area (Å²) in [5.41, 5.74) is 3.59. The lowest BCUT2D eigenvalue weighted by Gasteiger charge is -2.08. The zero-order valence-corrected chi connectivity index (χ0v) is 15.3. The van der Waals surface area contributed by atoms with Gasteiger partial charge in [0.1, 0.15) is 0 Å². The normalized spacial score (nSPS) is 10.8. The minimum absolute atomic E-state index is 0.190. The minimum Gasteiger partial charge on any atom is -0.207 e. The van der Waals surface area contributed by atoms with Gasteiger partial charge < -0.3 is 0 Å². The van der Waals surface area contributed by atoms with Crippen molar-refractivity contribution in [1.29, 1.82) is 0 Å². The highest BCUT2D eigenvalue weighted by molar-refractivity contribution is 7.89. The van der Waals surface area contributed by atoms with E-state index in [4.69, 9.17) is 0 Å². The van der Waals surface area contributed by atoms with E-state index in [1.807, 2.05) is 61.5 Å². The molecule has 0 atom stereocenters. The van der Waals surface area contributed by atoms with Gasteiger partial charge in [-0.2, -0.15) is 0 Å². The Balaban J connectivity index is 1.79. The van der Waals surface area contributed by atoms with Crippen LogP contribution in [0.15, 0.2) is 83.8 Å². The molecule has 0 amide bonds. The third-order valence-corrected chi connectivity index (χ3v) is 5.33. The van der Waals surface area contributed by atoms with Gasteiger partial charge in [0.25, 0.3) is 0 Å². The van der Waals surface area contributed by atoms with Gasteiger partial charge in [0.2, 0.25) is 10.0 Å². The highest BCUT2D eigenvalue weighted by Crippen LogP contribution is 2.13. The molecule has 1 N–H and O–H groups in total. The maximum absolute atomic E-state index is 12.5. The van der Waals surface area contributed by atoms with E-state index in [1.165, 1.54) is 0 Å². The highest BCUT2D eigenvalue weighted by atomic mass is 32.2. The predicted molar refractivity (Wildman–Crippen MR) is 104 cm³/mol. The van der Waals surface area contributed by atoms with Crippen LogP contribution < -0.4 is 4.72 Å². The topological polar surface area (TPSA) is 46.2 Å². The van der Waals surface area contributed by atoms with Crippen molar-refractivity contribution in [2.75, 3.05) is 0 Å². The van der Waals surface area contributed by atoms with E-state index in [2.05, 4.69) is 16.6 Å². The lowest BCUT2D eigenvalue weighted by Crippen LogP contribution is -2.23. The van der Waals surface area contributed by atoms with Crippen LogP contribution in [0.2, 0.25) is 0 Å². The number of nitrogens with one attached hydrogen (secondary N) is 1. The number of hydrogen-bond donors (Lipinski definition) is 1. The molecule has 0 spiro atoms. The molecule has 3 nitrogen and oxygen atoms in total. The SMILES string of the molecule is Cc1ccc(S(=O)(=O)NCc2ccccc2C#Cc2ccccc2)cc1. The van der Waals surface area contributed by atoms with Gasteiger partial charge in [-0.25, -0.2) is 13.1 Å². The molecule has 130 valence electrons. The number of benzene rings is 3. The number of aryl methyl sites for hydroxylation is 1. The van der Waals surface area contributed by atoms with E-state index in [-0.39, 0.29) is 11.4 Å². The van der Waals surface area contributed by atoms with Crippen molar-refractivity contribution < 1.29 is 8.42 Å². The fourth-order valence-corrected chi connectivity index (χ4v) is 3.44. The Labute approximate surface area is 154 Å². The summed E-state index contributed by atoms with van der Waals surface area (Å²) in [4.78, 5) is 0.260. The first kappa shape index (κ1) is 17.9. The van der Waals surface area contributed by atoms with Crippen molar-refractivity contribution >= 4 is 10.0 Å². The summed E-state index contributed by atoms with van der Waals surface area (Å²) in [5, 5.41) is 0. The second kappa shape index (κ2) is 8.01. The zero-order chi connectivity index (χ0) is 18.4. The van der Waals surface area contributed by atoms with E-state index in [1.54, 1.807) is 24.3 Å². The summed E-state index contributed by atoms with van der Waals surface area (Å²) in [6.45, 7) is 2.11. The summed E-state index contributed by atoms with van der Waals surface area (Å²) in [5.74, 6) is 6.24. The quantitative estimate of drug-likeness (QED) is 0.717. The van der Waals surface area contributed by atoms with Crippen molar-refractivity contribution in [2.45, 2.75) is 18.4 Å². The fourth-order valence-electron chi connectivity index (χ4n) is 2.43. The molecule has 0 saturated heterocycles. The third kappa shape index (κ3) is 4.60. The van der Waals surface area contributed by atoms with Crippen LogP contribution in [0.25, 0.3) is 0 Å². The highest BCUT2D eigenvalue weighted by Gasteiger charge is 2.13. The maximum Gasteiger partial charge on any atom is 0.240 e. The molecular weight excluding hydrogens is 342 g/mol. The Morgan fingerprint density at radius 3 is 2.19 bits per heavy atom. The molecule has 26 heavy (non-hydrogen) atoms. The molecule has 3 rings (SSSR count). The summed E-state index contributed by atoms with van der Waals surface area (Å²) in [6.07, 6.45) is 0. The van der Waals surface area contributed by atoms with Crippen LogP contribution in [0.5, 0.6) is 0 Å². The first-order valence-corrected chi connectivity index (χ1v) is 9.74. The first-order chi connectivity index (χ1) is 12.5. The van der Waals surface area contributed by atoms with Crippen LogP contribution in [-0.4, -0.2) is 8.42 Å². The average molecular weight is 361 g/mol. The Morgan fingerprint density at radius 2 is 1.46 bits per heavy atom. The van der Waals surface area contributed by atoms with E-state index in [0.29, 0.717) is 0 Å². The summed E-state index contributed by atoms with van der Waals surface area (Å²) >= 11 is 0. The van der Waals surface area contributed by atoms with Crippen LogP contribution in [-0.2, 0) is 16.6 Å². The third-order valence-electron chi connectivity index (χ3n) is 3.92. The molecule has 0 fully saturated rings. The average Bonchev–Trinajstić information content (AvgIpc) is 2.66. The number of rotatable bonds is 4. The minimum atomic E-state index is -3.56. The van der Waals surface area contributed by atoms with Crippen LogP contribution in [0.3, 0.4) is 0 Å². The largest absolute Gasteiger partial charge is 0.240 e. The lowest BCUT2D eigenvalue weighted by molar-refractivity contribution is 0.581. The molecule has 0 unspecified atom stereocenters. The van der Waals surface area contributed by atoms with E-state index < -0.39 is 10.0 Å². The zero-order valence-electron chi connectivity index (χ0n) is 14.4. The van der Waals surface area contributed by atoms with Crippen molar-refractivity contribution in [3.05, 3.63) is 101 Å². The molecule has 0 aliphatic heterocycles. The van der Waals surface area contributed by atoms with Crippen LogP contribution in [0.4, 0.5) is 0 Å². The molecule has 3 aromatic carbocycles.